The predicted molar refractivity (Wildman–Crippen MR) is 67.9 cm³/mol. The lowest BCUT2D eigenvalue weighted by Gasteiger charge is -2.26. The molecule has 0 amide bonds. The molecule has 5 heteroatoms. The van der Waals surface area contributed by atoms with Crippen LogP contribution in [-0.2, 0) is 14.6 Å². The molecule has 1 heterocycles. The van der Waals surface area contributed by atoms with E-state index < -0.39 is 9.84 Å². The van der Waals surface area contributed by atoms with Gasteiger partial charge in [0.2, 0.25) is 0 Å². The summed E-state index contributed by atoms with van der Waals surface area (Å²) < 4.78 is 28.9. The van der Waals surface area contributed by atoms with Gasteiger partial charge in [-0.05, 0) is 32.1 Å². The summed E-state index contributed by atoms with van der Waals surface area (Å²) in [7, 11) is -2.91. The second-order valence-corrected chi connectivity index (χ2v) is 7.57. The highest BCUT2D eigenvalue weighted by atomic mass is 32.2. The van der Waals surface area contributed by atoms with Crippen molar-refractivity contribution in [2.45, 2.75) is 55.9 Å². The first-order chi connectivity index (χ1) is 8.07. The van der Waals surface area contributed by atoms with E-state index in [1.165, 1.54) is 12.7 Å². The van der Waals surface area contributed by atoms with Crippen LogP contribution in [0.25, 0.3) is 0 Å². The molecule has 2 fully saturated rings. The first-order valence-electron chi connectivity index (χ1n) is 6.61. The number of hydrogen-bond donors (Lipinski definition) is 1. The first kappa shape index (κ1) is 13.3. The smallest absolute Gasteiger partial charge is 0.151 e. The minimum absolute atomic E-state index is 0.135. The standard InChI is InChI=1S/C12H23NO3S/c1-17(14,15)12-7-4-6-11(12)13-9-10-5-2-3-8-16-10/h10-13H,2-9H2,1H3. The van der Waals surface area contributed by atoms with Crippen molar-refractivity contribution >= 4 is 9.84 Å². The maximum absolute atomic E-state index is 11.6. The molecule has 17 heavy (non-hydrogen) atoms. The van der Waals surface area contributed by atoms with Gasteiger partial charge in [0.15, 0.2) is 9.84 Å². The number of sulfone groups is 1. The molecule has 2 aliphatic rings. The third kappa shape index (κ3) is 3.66. The van der Waals surface area contributed by atoms with Crippen molar-refractivity contribution in [2.75, 3.05) is 19.4 Å². The van der Waals surface area contributed by atoms with Gasteiger partial charge in [-0.2, -0.15) is 0 Å². The molecule has 0 aromatic rings. The van der Waals surface area contributed by atoms with Crippen molar-refractivity contribution in [3.8, 4) is 0 Å². The molecule has 1 N–H and O–H groups in total. The number of nitrogens with one attached hydrogen (secondary N) is 1. The quantitative estimate of drug-likeness (QED) is 0.823. The van der Waals surface area contributed by atoms with Gasteiger partial charge in [-0.3, -0.25) is 0 Å². The molecular weight excluding hydrogens is 238 g/mol. The normalized spacial score (nSPS) is 35.0. The molecule has 0 bridgehead atoms. The number of hydrogen-bond acceptors (Lipinski definition) is 4. The Morgan fingerprint density at radius 1 is 1.18 bits per heavy atom. The molecule has 0 aromatic heterocycles. The van der Waals surface area contributed by atoms with Crippen LogP contribution in [0.5, 0.6) is 0 Å². The molecule has 0 spiro atoms. The van der Waals surface area contributed by atoms with Crippen LogP contribution in [0.4, 0.5) is 0 Å². The summed E-state index contributed by atoms with van der Waals surface area (Å²) in [5.74, 6) is 0. The van der Waals surface area contributed by atoms with Gasteiger partial charge < -0.3 is 10.1 Å². The molecule has 0 radical (unpaired) electrons. The van der Waals surface area contributed by atoms with E-state index in [-0.39, 0.29) is 17.4 Å². The molecule has 1 aliphatic heterocycles. The van der Waals surface area contributed by atoms with Crippen molar-refractivity contribution in [3.05, 3.63) is 0 Å². The zero-order valence-electron chi connectivity index (χ0n) is 10.5. The Labute approximate surface area is 104 Å². The van der Waals surface area contributed by atoms with Crippen molar-refractivity contribution in [2.24, 2.45) is 0 Å². The van der Waals surface area contributed by atoms with E-state index in [0.717, 1.165) is 45.3 Å². The van der Waals surface area contributed by atoms with E-state index in [9.17, 15) is 8.42 Å². The van der Waals surface area contributed by atoms with Gasteiger partial charge in [0.1, 0.15) is 0 Å². The van der Waals surface area contributed by atoms with Gasteiger partial charge in [0, 0.05) is 25.4 Å². The van der Waals surface area contributed by atoms with Crippen LogP contribution in [0.1, 0.15) is 38.5 Å². The summed E-state index contributed by atoms with van der Waals surface area (Å²) in [4.78, 5) is 0. The minimum Gasteiger partial charge on any atom is -0.377 e. The van der Waals surface area contributed by atoms with E-state index >= 15 is 0 Å². The molecule has 0 aromatic carbocycles. The van der Waals surface area contributed by atoms with Crippen LogP contribution in [-0.4, -0.2) is 45.2 Å². The maximum atomic E-state index is 11.6. The fourth-order valence-corrected chi connectivity index (χ4v) is 4.35. The average molecular weight is 261 g/mol. The molecule has 1 saturated carbocycles. The summed E-state index contributed by atoms with van der Waals surface area (Å²) in [5, 5.41) is 3.21. The van der Waals surface area contributed by atoms with Gasteiger partial charge in [-0.25, -0.2) is 8.42 Å². The molecule has 4 nitrogen and oxygen atoms in total. The molecule has 3 unspecified atom stereocenters. The van der Waals surface area contributed by atoms with Crippen molar-refractivity contribution in [3.63, 3.8) is 0 Å². The third-order valence-corrected chi connectivity index (χ3v) is 5.55. The molecule has 1 aliphatic carbocycles. The van der Waals surface area contributed by atoms with Crippen molar-refractivity contribution in [1.82, 2.24) is 5.32 Å². The fourth-order valence-electron chi connectivity index (χ4n) is 2.92. The van der Waals surface area contributed by atoms with Gasteiger partial charge in [-0.1, -0.05) is 6.42 Å². The summed E-state index contributed by atoms with van der Waals surface area (Å²) in [6.07, 6.45) is 7.92. The largest absolute Gasteiger partial charge is 0.377 e. The molecule has 2 rings (SSSR count). The Bertz CT molecular complexity index is 336. The Morgan fingerprint density at radius 3 is 2.65 bits per heavy atom. The van der Waals surface area contributed by atoms with Crippen LogP contribution in [0.3, 0.4) is 0 Å². The van der Waals surface area contributed by atoms with Crippen LogP contribution in [0, 0.1) is 0 Å². The van der Waals surface area contributed by atoms with E-state index in [1.54, 1.807) is 0 Å². The van der Waals surface area contributed by atoms with Gasteiger partial charge in [-0.15, -0.1) is 0 Å². The average Bonchev–Trinajstić information content (AvgIpc) is 2.75. The highest BCUT2D eigenvalue weighted by Crippen LogP contribution is 2.25. The molecular formula is C12H23NO3S. The second-order valence-electron chi connectivity index (χ2n) is 5.30. The Hall–Kier alpha value is -0.130. The molecule has 3 atom stereocenters. The second kappa shape index (κ2) is 5.67. The summed E-state index contributed by atoms with van der Waals surface area (Å²) in [6, 6.07) is 0.135. The van der Waals surface area contributed by atoms with Gasteiger partial charge in [0.05, 0.1) is 11.4 Å². The predicted octanol–water partition coefficient (Wildman–Crippen LogP) is 1.11. The Kier molecular flexibility index (Phi) is 4.44. The fraction of sp³-hybridized carbons (Fsp3) is 1.00. The summed E-state index contributed by atoms with van der Waals surface area (Å²) in [5.41, 5.74) is 0. The van der Waals surface area contributed by atoms with Gasteiger partial charge in [0.25, 0.3) is 0 Å². The van der Waals surface area contributed by atoms with Gasteiger partial charge >= 0.3 is 0 Å². The van der Waals surface area contributed by atoms with Crippen LogP contribution in [0.2, 0.25) is 0 Å². The van der Waals surface area contributed by atoms with E-state index in [2.05, 4.69) is 5.32 Å². The van der Waals surface area contributed by atoms with E-state index in [1.807, 2.05) is 0 Å². The third-order valence-electron chi connectivity index (χ3n) is 3.88. The Balaban J connectivity index is 1.81. The van der Waals surface area contributed by atoms with Crippen LogP contribution >= 0.6 is 0 Å². The molecule has 100 valence electrons. The maximum Gasteiger partial charge on any atom is 0.151 e. The lowest BCUT2D eigenvalue weighted by Crippen LogP contribution is -2.44. The highest BCUT2D eigenvalue weighted by Gasteiger charge is 2.34. The monoisotopic (exact) mass is 261 g/mol. The number of rotatable bonds is 4. The van der Waals surface area contributed by atoms with Crippen LogP contribution in [0.15, 0.2) is 0 Å². The zero-order chi connectivity index (χ0) is 12.3. The van der Waals surface area contributed by atoms with Crippen molar-refractivity contribution < 1.29 is 13.2 Å². The first-order valence-corrected chi connectivity index (χ1v) is 8.56. The van der Waals surface area contributed by atoms with Crippen molar-refractivity contribution in [1.29, 1.82) is 0 Å². The van der Waals surface area contributed by atoms with E-state index in [0.29, 0.717) is 0 Å². The van der Waals surface area contributed by atoms with E-state index in [4.69, 9.17) is 4.74 Å². The lowest BCUT2D eigenvalue weighted by atomic mass is 10.1. The zero-order valence-corrected chi connectivity index (χ0v) is 11.3. The topological polar surface area (TPSA) is 55.4 Å². The highest BCUT2D eigenvalue weighted by molar-refractivity contribution is 7.91. The number of ether oxygens (including phenoxy) is 1. The minimum atomic E-state index is -2.91. The molecule has 1 saturated heterocycles. The lowest BCUT2D eigenvalue weighted by molar-refractivity contribution is 0.0155. The Morgan fingerprint density at radius 2 is 2.00 bits per heavy atom. The summed E-state index contributed by atoms with van der Waals surface area (Å²) >= 11 is 0. The van der Waals surface area contributed by atoms with Crippen LogP contribution < -0.4 is 5.32 Å². The SMILES string of the molecule is CS(=O)(=O)C1CCCC1NCC1CCCCO1. The summed E-state index contributed by atoms with van der Waals surface area (Å²) in [6.45, 7) is 1.66.